The van der Waals surface area contributed by atoms with Crippen molar-refractivity contribution in [2.24, 2.45) is 0 Å². The summed E-state index contributed by atoms with van der Waals surface area (Å²) in [6.07, 6.45) is 1.23. The molecule has 5 aromatic rings. The summed E-state index contributed by atoms with van der Waals surface area (Å²) in [4.78, 5) is 45.9. The summed E-state index contributed by atoms with van der Waals surface area (Å²) < 4.78 is 37.5. The molecule has 0 aliphatic rings. The maximum Gasteiger partial charge on any atom is 0.345 e. The second-order valence-electron chi connectivity index (χ2n) is 10.7. The Balaban J connectivity index is 1.70. The van der Waals surface area contributed by atoms with Gasteiger partial charge in [-0.05, 0) is 50.7 Å². The van der Waals surface area contributed by atoms with Crippen LogP contribution >= 0.6 is 0 Å². The monoisotopic (exact) mass is 628 g/mol. The minimum atomic E-state index is -0.864. The van der Waals surface area contributed by atoms with Crippen LogP contribution in [0.5, 0.6) is 0 Å². The number of carbonyl (C=O) groups is 2. The van der Waals surface area contributed by atoms with Crippen LogP contribution in [0.25, 0.3) is 17.0 Å². The number of aromatic nitrogens is 3. The van der Waals surface area contributed by atoms with Crippen molar-refractivity contribution in [3.63, 3.8) is 0 Å². The highest BCUT2D eigenvalue weighted by Gasteiger charge is 2.25. The second kappa shape index (κ2) is 14.2. The number of amides is 2. The first-order valence-corrected chi connectivity index (χ1v) is 14.8. The quantitative estimate of drug-likeness (QED) is 0.189. The molecule has 0 fully saturated rings. The first kappa shape index (κ1) is 32.0. The van der Waals surface area contributed by atoms with Crippen LogP contribution in [-0.2, 0) is 24.4 Å². The smallest absolute Gasteiger partial charge is 0.345 e. The van der Waals surface area contributed by atoms with Crippen molar-refractivity contribution >= 4 is 23.5 Å². The van der Waals surface area contributed by atoms with Crippen LogP contribution < -0.4 is 16.2 Å². The van der Waals surface area contributed by atoms with Crippen molar-refractivity contribution in [1.82, 2.24) is 24.2 Å². The molecular weight excluding hydrogens is 594 g/mol. The van der Waals surface area contributed by atoms with E-state index in [1.165, 1.54) is 21.2 Å². The number of esters is 1. The minimum Gasteiger partial charge on any atom is -0.462 e. The van der Waals surface area contributed by atoms with Crippen molar-refractivity contribution in [1.29, 1.82) is 0 Å². The summed E-state index contributed by atoms with van der Waals surface area (Å²) in [5.41, 5.74) is 1.85. The van der Waals surface area contributed by atoms with Gasteiger partial charge in [0.1, 0.15) is 17.2 Å². The largest absolute Gasteiger partial charge is 0.462 e. The summed E-state index contributed by atoms with van der Waals surface area (Å²) in [7, 11) is 1.89. The second-order valence-corrected chi connectivity index (χ2v) is 10.7. The molecule has 238 valence electrons. The van der Waals surface area contributed by atoms with Crippen LogP contribution in [0.3, 0.4) is 0 Å². The number of nitrogens with one attached hydrogen (secondary N) is 2. The lowest BCUT2D eigenvalue weighted by molar-refractivity contribution is 0.0523. The zero-order valence-corrected chi connectivity index (χ0v) is 25.7. The predicted molar refractivity (Wildman–Crippen MR) is 171 cm³/mol. The van der Waals surface area contributed by atoms with Gasteiger partial charge in [0.05, 0.1) is 24.5 Å². The van der Waals surface area contributed by atoms with E-state index in [0.29, 0.717) is 35.7 Å². The van der Waals surface area contributed by atoms with E-state index in [9.17, 15) is 23.2 Å². The van der Waals surface area contributed by atoms with Crippen molar-refractivity contribution < 1.29 is 23.1 Å². The van der Waals surface area contributed by atoms with Gasteiger partial charge in [0.25, 0.3) is 5.56 Å². The number of carbonyl (C=O) groups excluding carboxylic acids is 2. The van der Waals surface area contributed by atoms with Crippen LogP contribution in [-0.4, -0.2) is 51.1 Å². The lowest BCUT2D eigenvalue weighted by atomic mass is 10.1. The lowest BCUT2D eigenvalue weighted by Crippen LogP contribution is -2.29. The van der Waals surface area contributed by atoms with Crippen LogP contribution in [0.4, 0.5) is 19.3 Å². The Hall–Kier alpha value is -5.36. The molecule has 0 aliphatic carbocycles. The summed E-state index contributed by atoms with van der Waals surface area (Å²) in [6.45, 7) is 4.33. The Labute approximate surface area is 264 Å². The number of fused-ring (bicyclic) bond motifs is 1. The molecule has 2 N–H and O–H groups in total. The van der Waals surface area contributed by atoms with E-state index in [2.05, 4.69) is 10.6 Å². The summed E-state index contributed by atoms with van der Waals surface area (Å²) in [5.74, 6) is -2.33. The highest BCUT2D eigenvalue weighted by Crippen LogP contribution is 2.28. The van der Waals surface area contributed by atoms with Crippen LogP contribution in [0.1, 0.15) is 41.0 Å². The molecule has 3 aromatic carbocycles. The van der Waals surface area contributed by atoms with Crippen molar-refractivity contribution in [3.8, 4) is 11.3 Å². The summed E-state index contributed by atoms with van der Waals surface area (Å²) >= 11 is 0. The molecule has 0 saturated heterocycles. The van der Waals surface area contributed by atoms with E-state index in [-0.39, 0.29) is 42.6 Å². The molecule has 0 unspecified atom stereocenters. The normalized spacial score (nSPS) is 11.2. The van der Waals surface area contributed by atoms with E-state index in [4.69, 9.17) is 9.72 Å². The molecule has 0 saturated carbocycles. The Bertz CT molecular complexity index is 1900. The Morgan fingerprint density at radius 1 is 0.935 bits per heavy atom. The van der Waals surface area contributed by atoms with Gasteiger partial charge >= 0.3 is 12.0 Å². The molecule has 10 nitrogen and oxygen atoms in total. The number of urea groups is 1. The van der Waals surface area contributed by atoms with Gasteiger partial charge in [0.2, 0.25) is 5.78 Å². The first-order chi connectivity index (χ1) is 22.2. The topological polar surface area (TPSA) is 110 Å². The van der Waals surface area contributed by atoms with Gasteiger partial charge in [-0.2, -0.15) is 0 Å². The third-order valence-corrected chi connectivity index (χ3v) is 7.28. The van der Waals surface area contributed by atoms with Gasteiger partial charge in [-0.1, -0.05) is 48.5 Å². The van der Waals surface area contributed by atoms with Gasteiger partial charge in [0, 0.05) is 42.6 Å². The summed E-state index contributed by atoms with van der Waals surface area (Å²) in [5, 5.41) is 5.42. The van der Waals surface area contributed by atoms with Gasteiger partial charge in [-0.15, -0.1) is 0 Å². The molecule has 0 aliphatic heterocycles. The van der Waals surface area contributed by atoms with Gasteiger partial charge in [-0.25, -0.2) is 27.8 Å². The van der Waals surface area contributed by atoms with Crippen LogP contribution in [0, 0.1) is 11.6 Å². The molecule has 0 spiro atoms. The Morgan fingerprint density at radius 3 is 2.28 bits per heavy atom. The Kier molecular flexibility index (Phi) is 9.87. The van der Waals surface area contributed by atoms with E-state index < -0.39 is 23.2 Å². The first-order valence-electron chi connectivity index (χ1n) is 14.8. The number of hydrogen-bond donors (Lipinski definition) is 2. The fourth-order valence-electron chi connectivity index (χ4n) is 5.19. The van der Waals surface area contributed by atoms with E-state index in [1.54, 1.807) is 31.2 Å². The number of hydrogen-bond acceptors (Lipinski definition) is 6. The van der Waals surface area contributed by atoms with E-state index in [0.717, 1.165) is 17.7 Å². The number of rotatable bonds is 11. The average Bonchev–Trinajstić information content (AvgIpc) is 3.40. The lowest BCUT2D eigenvalue weighted by Gasteiger charge is -2.18. The number of halogens is 2. The fraction of sp³-hybridized carbons (Fsp3) is 0.235. The molecule has 12 heteroatoms. The zero-order valence-electron chi connectivity index (χ0n) is 25.7. The number of imidazole rings is 1. The zero-order chi connectivity index (χ0) is 32.8. The minimum absolute atomic E-state index is 0.0246. The maximum atomic E-state index is 14.8. The average molecular weight is 629 g/mol. The third-order valence-electron chi connectivity index (χ3n) is 7.28. The van der Waals surface area contributed by atoms with Gasteiger partial charge in [-0.3, -0.25) is 9.69 Å². The molecule has 0 radical (unpaired) electrons. The molecule has 46 heavy (non-hydrogen) atoms. The maximum absolute atomic E-state index is 14.8. The van der Waals surface area contributed by atoms with Crippen molar-refractivity contribution in [3.05, 3.63) is 123 Å². The standard InChI is InChI=1S/C34H34F2N6O4/c1-4-37-33(45)38-24-16-14-23(15-17-24)30-29(21-40(3)18-22-10-7-6-8-11-22)42-31(43)26(32(44)46-5-2)20-41(34(42)39-30)19-25-27(35)12-9-13-28(25)36/h6-17,20H,4-5,18-19,21H2,1-3H3,(H2,37,38,45). The predicted octanol–water partition coefficient (Wildman–Crippen LogP) is 5.44. The third kappa shape index (κ3) is 6.97. The molecule has 2 heterocycles. The molecule has 0 atom stereocenters. The van der Waals surface area contributed by atoms with E-state index >= 15 is 0 Å². The van der Waals surface area contributed by atoms with Gasteiger partial charge in [0.15, 0.2) is 0 Å². The number of nitrogens with zero attached hydrogens (tertiary/aromatic N) is 4. The molecule has 0 bridgehead atoms. The SMILES string of the molecule is CCNC(=O)Nc1ccc(-c2nc3n(Cc4c(F)cccc4F)cc(C(=O)OCC)c(=O)n3c2CN(C)Cc2ccccc2)cc1. The highest BCUT2D eigenvalue weighted by atomic mass is 19.1. The molecule has 5 rings (SSSR count). The number of anilines is 1. The highest BCUT2D eigenvalue weighted by molar-refractivity contribution is 5.90. The summed E-state index contributed by atoms with van der Waals surface area (Å²) in [6, 6.07) is 19.9. The Morgan fingerprint density at radius 2 is 1.63 bits per heavy atom. The van der Waals surface area contributed by atoms with Crippen LogP contribution in [0.15, 0.2) is 83.8 Å². The fourth-order valence-corrected chi connectivity index (χ4v) is 5.19. The van der Waals surface area contributed by atoms with Crippen LogP contribution in [0.2, 0.25) is 0 Å². The molecule has 2 amide bonds. The van der Waals surface area contributed by atoms with Crippen molar-refractivity contribution in [2.75, 3.05) is 25.5 Å². The molecular formula is C34H34F2N6O4. The number of benzene rings is 3. The van der Waals surface area contributed by atoms with E-state index in [1.807, 2.05) is 49.2 Å². The van der Waals surface area contributed by atoms with Crippen molar-refractivity contribution in [2.45, 2.75) is 33.5 Å². The molecule has 2 aromatic heterocycles. The number of ether oxygens (including phenoxy) is 1. The van der Waals surface area contributed by atoms with Gasteiger partial charge < -0.3 is 19.9 Å².